The van der Waals surface area contributed by atoms with Crippen LogP contribution in [0.3, 0.4) is 0 Å². The molecule has 0 fully saturated rings. The molecule has 0 aromatic heterocycles. The van der Waals surface area contributed by atoms with Gasteiger partial charge in [-0.2, -0.15) is 0 Å². The number of rotatable bonds is 2. The van der Waals surface area contributed by atoms with E-state index >= 15 is 0 Å². The highest BCUT2D eigenvalue weighted by Gasteiger charge is 2.44. The Hall–Kier alpha value is -1.69. The molecule has 2 rings (SSSR count). The van der Waals surface area contributed by atoms with E-state index in [0.717, 1.165) is 0 Å². The zero-order chi connectivity index (χ0) is 12.6. The molecule has 1 heterocycles. The van der Waals surface area contributed by atoms with Crippen LogP contribution in [0.4, 0.5) is 0 Å². The Balaban J connectivity index is 2.40. The number of hydrogen-bond acceptors (Lipinski definition) is 5. The zero-order valence-corrected chi connectivity index (χ0v) is 9.91. The van der Waals surface area contributed by atoms with Crippen LogP contribution in [0.15, 0.2) is 23.2 Å². The van der Waals surface area contributed by atoms with Crippen LogP contribution in [0.1, 0.15) is 12.5 Å². The fourth-order valence-electron chi connectivity index (χ4n) is 1.45. The van der Waals surface area contributed by atoms with Gasteiger partial charge in [-0.25, -0.2) is 0 Å². The first-order valence-corrected chi connectivity index (χ1v) is 5.92. The molecule has 5 nitrogen and oxygen atoms in total. The molecule has 1 aliphatic rings. The van der Waals surface area contributed by atoms with Gasteiger partial charge in [0.15, 0.2) is 0 Å². The molecular formula is C11H12NO4S+. The lowest BCUT2D eigenvalue weighted by Crippen LogP contribution is -2.33. The molecule has 1 aromatic rings. The van der Waals surface area contributed by atoms with Gasteiger partial charge >= 0.3 is 5.97 Å². The fraction of sp³-hybridized carbons (Fsp3) is 0.273. The van der Waals surface area contributed by atoms with E-state index < -0.39 is 11.5 Å². The van der Waals surface area contributed by atoms with Crippen molar-refractivity contribution in [3.05, 3.63) is 23.8 Å². The second kappa shape index (κ2) is 3.96. The molecule has 90 valence electrons. The Kier molecular flexibility index (Phi) is 2.74. The lowest BCUT2D eigenvalue weighted by Gasteiger charge is -2.06. The van der Waals surface area contributed by atoms with Gasteiger partial charge in [-0.05, 0) is 19.1 Å². The predicted molar refractivity (Wildman–Crippen MR) is 65.8 cm³/mol. The van der Waals surface area contributed by atoms with Gasteiger partial charge in [0.25, 0.3) is 0 Å². The quantitative estimate of drug-likeness (QED) is 0.756. The number of phenolic OH excluding ortho intramolecular Hbond substituents is 2. The molecular weight excluding hydrogens is 242 g/mol. The molecule has 0 unspecified atom stereocenters. The molecule has 0 radical (unpaired) electrons. The summed E-state index contributed by atoms with van der Waals surface area (Å²) in [6, 6.07) is 4.20. The normalized spacial score (nSPS) is 23.5. The smallest absolute Gasteiger partial charge is 0.544 e. The number of benzene rings is 1. The minimum absolute atomic E-state index is 0.0332. The van der Waals surface area contributed by atoms with Crippen LogP contribution in [0.5, 0.6) is 11.5 Å². The van der Waals surface area contributed by atoms with Crippen LogP contribution >= 0.6 is 11.8 Å². The van der Waals surface area contributed by atoms with Gasteiger partial charge in [0.1, 0.15) is 16.5 Å². The molecule has 17 heavy (non-hydrogen) atoms. The maximum atomic E-state index is 11.1. The summed E-state index contributed by atoms with van der Waals surface area (Å²) in [7, 11) is 0. The van der Waals surface area contributed by atoms with Crippen molar-refractivity contribution in [2.24, 2.45) is 4.99 Å². The summed E-state index contributed by atoms with van der Waals surface area (Å²) in [4.78, 5) is 15.3. The van der Waals surface area contributed by atoms with Crippen LogP contribution in [0, 0.1) is 0 Å². The van der Waals surface area contributed by atoms with Gasteiger partial charge in [0, 0.05) is 22.2 Å². The van der Waals surface area contributed by atoms with Crippen LogP contribution in [0.25, 0.3) is 0 Å². The summed E-state index contributed by atoms with van der Waals surface area (Å²) >= 11 is 1.32. The third-order valence-electron chi connectivity index (χ3n) is 2.54. The van der Waals surface area contributed by atoms with E-state index in [0.29, 0.717) is 16.4 Å². The monoisotopic (exact) mass is 254 g/mol. The summed E-state index contributed by atoms with van der Waals surface area (Å²) < 4.78 is 0. The van der Waals surface area contributed by atoms with Crippen molar-refractivity contribution < 1.29 is 20.1 Å². The van der Waals surface area contributed by atoms with E-state index in [2.05, 4.69) is 4.99 Å². The van der Waals surface area contributed by atoms with Gasteiger partial charge in [-0.3, -0.25) is 4.99 Å². The van der Waals surface area contributed by atoms with E-state index in [1.54, 1.807) is 6.92 Å². The largest absolute Gasteiger partial charge is 0.563 e. The second-order valence-electron chi connectivity index (χ2n) is 4.01. The zero-order valence-electron chi connectivity index (χ0n) is 9.10. The molecule has 0 bridgehead atoms. The first kappa shape index (κ1) is 11.8. The van der Waals surface area contributed by atoms with E-state index in [9.17, 15) is 15.0 Å². The Morgan fingerprint density at radius 1 is 1.53 bits per heavy atom. The fourth-order valence-corrected chi connectivity index (χ4v) is 2.66. The maximum Gasteiger partial charge on any atom is 0.544 e. The molecule has 0 spiro atoms. The number of aliphatic imine (C=N–C) groups is 1. The second-order valence-corrected chi connectivity index (χ2v) is 4.97. The average molecular weight is 254 g/mol. The van der Waals surface area contributed by atoms with Crippen molar-refractivity contribution in [1.82, 2.24) is 0 Å². The van der Waals surface area contributed by atoms with Crippen LogP contribution in [-0.2, 0) is 4.79 Å². The Morgan fingerprint density at radius 2 is 2.24 bits per heavy atom. The van der Waals surface area contributed by atoms with Crippen molar-refractivity contribution >= 4 is 22.8 Å². The highest BCUT2D eigenvalue weighted by Crippen LogP contribution is 2.35. The van der Waals surface area contributed by atoms with Crippen molar-refractivity contribution in [2.45, 2.75) is 12.5 Å². The maximum absolute atomic E-state index is 11.1. The summed E-state index contributed by atoms with van der Waals surface area (Å²) in [6.07, 6.45) is 0. The SMILES string of the molecule is C[C@]1(C(=O)[OH2+])CSC(c2ccc(O)cc2O)=N1. The molecule has 1 aromatic carbocycles. The predicted octanol–water partition coefficient (Wildman–Crippen LogP) is 0.601. The molecule has 0 saturated carbocycles. The summed E-state index contributed by atoms with van der Waals surface area (Å²) in [6.45, 7) is 1.60. The van der Waals surface area contributed by atoms with Gasteiger partial charge in [-0.15, -0.1) is 11.8 Å². The van der Waals surface area contributed by atoms with Crippen molar-refractivity contribution in [2.75, 3.05) is 5.75 Å². The summed E-state index contributed by atoms with van der Waals surface area (Å²) in [5.74, 6) is -0.462. The van der Waals surface area contributed by atoms with E-state index in [-0.39, 0.29) is 11.5 Å². The number of nitrogens with zero attached hydrogens (tertiary/aromatic N) is 1. The molecule has 4 N–H and O–H groups in total. The standard InChI is InChI=1S/C11H11NO4S/c1-11(10(15)16)5-17-9(12-11)7-3-2-6(13)4-8(7)14/h2-4,13-14H,5H2,1H3,(H,15,16)/p+1/t11-/m1/s1. The lowest BCUT2D eigenvalue weighted by molar-refractivity contribution is -0.141. The highest BCUT2D eigenvalue weighted by atomic mass is 32.2. The van der Waals surface area contributed by atoms with Crippen molar-refractivity contribution in [3.8, 4) is 11.5 Å². The number of carbonyl (C=O) groups is 1. The van der Waals surface area contributed by atoms with Crippen molar-refractivity contribution in [1.29, 1.82) is 0 Å². The summed E-state index contributed by atoms with van der Waals surface area (Å²) in [5, 5.41) is 26.5. The van der Waals surface area contributed by atoms with E-state index in [1.165, 1.54) is 30.0 Å². The third kappa shape index (κ3) is 2.08. The Labute approximate surface area is 102 Å². The van der Waals surface area contributed by atoms with Gasteiger partial charge in [-0.1, -0.05) is 0 Å². The highest BCUT2D eigenvalue weighted by molar-refractivity contribution is 8.14. The lowest BCUT2D eigenvalue weighted by atomic mass is 10.1. The molecule has 1 aliphatic heterocycles. The van der Waals surface area contributed by atoms with Crippen LogP contribution < -0.4 is 0 Å². The van der Waals surface area contributed by atoms with Crippen LogP contribution in [0.2, 0.25) is 0 Å². The molecule has 0 saturated heterocycles. The molecule has 6 heteroatoms. The number of hydrogen-bond donors (Lipinski definition) is 2. The number of carbonyl (C=O) groups excluding carboxylic acids is 1. The third-order valence-corrected chi connectivity index (χ3v) is 3.83. The average Bonchev–Trinajstić information content (AvgIpc) is 2.62. The van der Waals surface area contributed by atoms with E-state index in [4.69, 9.17) is 5.11 Å². The number of phenols is 2. The van der Waals surface area contributed by atoms with Gasteiger partial charge < -0.3 is 15.3 Å². The van der Waals surface area contributed by atoms with Gasteiger partial charge in [0.05, 0.1) is 0 Å². The number of thioether (sulfide) groups is 1. The number of aromatic hydroxyl groups is 2. The molecule has 0 amide bonds. The first-order valence-electron chi connectivity index (χ1n) is 4.93. The summed E-state index contributed by atoms with van der Waals surface area (Å²) in [5.41, 5.74) is -0.567. The van der Waals surface area contributed by atoms with Crippen LogP contribution in [-0.4, -0.2) is 37.6 Å². The first-order chi connectivity index (χ1) is 7.92. The van der Waals surface area contributed by atoms with Gasteiger partial charge in [0.2, 0.25) is 5.54 Å². The topological polar surface area (TPSA) is 92.8 Å². The minimum atomic E-state index is -1.04. The van der Waals surface area contributed by atoms with Crippen molar-refractivity contribution in [3.63, 3.8) is 0 Å². The Bertz CT molecular complexity index is 514. The molecule has 1 atom stereocenters. The Morgan fingerprint density at radius 3 is 2.76 bits per heavy atom. The molecule has 0 aliphatic carbocycles. The minimum Gasteiger partial charge on any atom is -0.563 e. The van der Waals surface area contributed by atoms with E-state index in [1.807, 2.05) is 0 Å².